The van der Waals surface area contributed by atoms with E-state index in [9.17, 15) is 5.21 Å². The number of rotatable bonds is 3. The smallest absolute Gasteiger partial charge is 0.198 e. The second kappa shape index (κ2) is 4.75. The minimum atomic E-state index is -2.29. The van der Waals surface area contributed by atoms with E-state index in [0.29, 0.717) is 0 Å². The van der Waals surface area contributed by atoms with Gasteiger partial charge in [-0.05, 0) is 30.2 Å². The minimum absolute atomic E-state index is 0.203. The van der Waals surface area contributed by atoms with E-state index in [0.717, 1.165) is 16.7 Å². The predicted molar refractivity (Wildman–Crippen MR) is 66.8 cm³/mol. The van der Waals surface area contributed by atoms with Crippen molar-refractivity contribution in [1.29, 1.82) is 0 Å². The average Bonchev–Trinajstić information content (AvgIpc) is 2.27. The third-order valence-corrected chi connectivity index (χ3v) is 2.42. The Morgan fingerprint density at radius 2 is 1.72 bits per heavy atom. The lowest BCUT2D eigenvalue weighted by molar-refractivity contribution is -1.20. The number of nitrogens with zero attached hydrogens (tertiary/aromatic N) is 1. The fourth-order valence-corrected chi connectivity index (χ4v) is 1.71. The first-order valence-electron chi connectivity index (χ1n) is 5.42. The van der Waals surface area contributed by atoms with Crippen LogP contribution in [0.1, 0.15) is 5.56 Å². The van der Waals surface area contributed by atoms with E-state index in [1.54, 1.807) is 18.2 Å². The fraction of sp³-hybridized carbons (Fsp3) is 0.0769. The van der Waals surface area contributed by atoms with Crippen molar-refractivity contribution in [2.45, 2.75) is 6.92 Å². The first kappa shape index (κ1) is 12.5. The minimum Gasteiger partial charge on any atom is -0.533 e. The molecule has 3 N–H and O–H groups in total. The molecule has 5 heteroatoms. The normalized spacial score (nSPS) is 14.0. The Kier molecular flexibility index (Phi) is 3.31. The third kappa shape index (κ3) is 3.28. The molecule has 0 radical (unpaired) electrons. The first-order valence-corrected chi connectivity index (χ1v) is 5.42. The van der Waals surface area contributed by atoms with Crippen LogP contribution in [0.5, 0.6) is 5.75 Å². The summed E-state index contributed by atoms with van der Waals surface area (Å²) in [6.45, 7) is 2.00. The molecule has 0 bridgehead atoms. The molecule has 0 saturated carbocycles. The van der Waals surface area contributed by atoms with Crippen molar-refractivity contribution in [3.05, 3.63) is 59.3 Å². The Balaban J connectivity index is 2.33. The number of aryl methyl sites for hydroxylation is 1. The molecule has 0 aliphatic rings. The van der Waals surface area contributed by atoms with Crippen LogP contribution in [0.25, 0.3) is 11.1 Å². The van der Waals surface area contributed by atoms with Gasteiger partial charge in [0.15, 0.2) is 5.75 Å². The molecule has 0 aliphatic carbocycles. The van der Waals surface area contributed by atoms with Gasteiger partial charge in [0.1, 0.15) is 0 Å². The van der Waals surface area contributed by atoms with Gasteiger partial charge in [0.05, 0.1) is 0 Å². The number of quaternary nitrogens is 1. The van der Waals surface area contributed by atoms with Crippen molar-refractivity contribution in [3.8, 4) is 16.9 Å². The van der Waals surface area contributed by atoms with Gasteiger partial charge in [-0.15, -0.1) is 11.0 Å². The Bertz CT molecular complexity index is 550. The summed E-state index contributed by atoms with van der Waals surface area (Å²) < 4.78 is 0. The van der Waals surface area contributed by atoms with Gasteiger partial charge in [0.25, 0.3) is 0 Å². The van der Waals surface area contributed by atoms with Gasteiger partial charge < -0.3 is 5.21 Å². The molecule has 2 aromatic rings. The van der Waals surface area contributed by atoms with Crippen LogP contribution in [0.2, 0.25) is 0 Å². The Morgan fingerprint density at radius 3 is 2.33 bits per heavy atom. The molecule has 2 aromatic carbocycles. The van der Waals surface area contributed by atoms with Crippen molar-refractivity contribution < 1.29 is 15.1 Å². The lowest BCUT2D eigenvalue weighted by Crippen LogP contribution is -2.48. The van der Waals surface area contributed by atoms with Gasteiger partial charge in [0, 0.05) is 5.08 Å². The number of benzene rings is 2. The second-order valence-corrected chi connectivity index (χ2v) is 4.05. The van der Waals surface area contributed by atoms with Gasteiger partial charge in [-0.3, -0.25) is 4.84 Å². The summed E-state index contributed by atoms with van der Waals surface area (Å²) in [6.07, 6.45) is 0. The standard InChI is InChI=1S/C13H14N2O3/c1-10-4-2-5-11(8-10)12-6-3-7-13(9-12)18-15(14,16)17/h2-9,16H,14H2,1H3. The van der Waals surface area contributed by atoms with Crippen molar-refractivity contribution in [3.63, 3.8) is 0 Å². The molecule has 0 heterocycles. The quantitative estimate of drug-likeness (QED) is 0.495. The number of nitrogens with two attached hydrogens (primary N) is 1. The van der Waals surface area contributed by atoms with Crippen LogP contribution in [0.15, 0.2) is 48.5 Å². The van der Waals surface area contributed by atoms with Gasteiger partial charge >= 0.3 is 0 Å². The van der Waals surface area contributed by atoms with E-state index in [2.05, 4.69) is 4.84 Å². The number of hydrogen-bond acceptors (Lipinski definition) is 4. The lowest BCUT2D eigenvalue weighted by atomic mass is 10.0. The summed E-state index contributed by atoms with van der Waals surface area (Å²) in [5.41, 5.74) is 3.01. The maximum Gasteiger partial charge on any atom is 0.198 e. The fourth-order valence-electron chi connectivity index (χ4n) is 1.71. The summed E-state index contributed by atoms with van der Waals surface area (Å²) in [7, 11) is 0. The second-order valence-electron chi connectivity index (χ2n) is 4.05. The first-order chi connectivity index (χ1) is 8.44. The molecule has 1 atom stereocenters. The molecule has 1 unspecified atom stereocenters. The highest BCUT2D eigenvalue weighted by Gasteiger charge is 2.10. The Labute approximate surface area is 105 Å². The molecule has 2 rings (SSSR count). The van der Waals surface area contributed by atoms with Crippen LogP contribution in [0, 0.1) is 12.1 Å². The summed E-state index contributed by atoms with van der Waals surface area (Å²) in [4.78, 5) is 4.61. The largest absolute Gasteiger partial charge is 0.533 e. The molecule has 94 valence electrons. The summed E-state index contributed by atoms with van der Waals surface area (Å²) in [6, 6.07) is 14.7. The number of hydrogen-bond donors (Lipinski definition) is 2. The topological polar surface area (TPSA) is 78.5 Å². The predicted octanol–water partition coefficient (Wildman–Crippen LogP) is 2.53. The highest BCUT2D eigenvalue weighted by atomic mass is 17.1. The molecule has 0 spiro atoms. The summed E-state index contributed by atoms with van der Waals surface area (Å²) in [5, 5.41) is 17.3. The van der Waals surface area contributed by atoms with Crippen molar-refractivity contribution in [1.82, 2.24) is 0 Å². The van der Waals surface area contributed by atoms with Crippen LogP contribution in [-0.4, -0.2) is 10.3 Å². The van der Waals surface area contributed by atoms with Crippen LogP contribution >= 0.6 is 0 Å². The van der Waals surface area contributed by atoms with Gasteiger partial charge in [-0.25, -0.2) is 0 Å². The van der Waals surface area contributed by atoms with Crippen LogP contribution in [0.3, 0.4) is 0 Å². The van der Waals surface area contributed by atoms with E-state index in [-0.39, 0.29) is 5.75 Å². The van der Waals surface area contributed by atoms with Crippen molar-refractivity contribution in [2.24, 2.45) is 5.84 Å². The van der Waals surface area contributed by atoms with E-state index < -0.39 is 5.08 Å². The van der Waals surface area contributed by atoms with E-state index in [1.165, 1.54) is 0 Å². The van der Waals surface area contributed by atoms with Crippen LogP contribution in [0.4, 0.5) is 0 Å². The molecule has 5 nitrogen and oxygen atoms in total. The summed E-state index contributed by atoms with van der Waals surface area (Å²) in [5.74, 6) is 5.00. The van der Waals surface area contributed by atoms with Crippen molar-refractivity contribution in [2.75, 3.05) is 0 Å². The zero-order valence-corrected chi connectivity index (χ0v) is 9.91. The lowest BCUT2D eigenvalue weighted by Gasteiger charge is -2.23. The van der Waals surface area contributed by atoms with Crippen LogP contribution < -0.4 is 10.7 Å². The van der Waals surface area contributed by atoms with Crippen LogP contribution in [-0.2, 0) is 0 Å². The third-order valence-electron chi connectivity index (χ3n) is 2.42. The highest BCUT2D eigenvalue weighted by Crippen LogP contribution is 2.25. The van der Waals surface area contributed by atoms with Gasteiger partial charge in [-0.1, -0.05) is 42.0 Å². The Morgan fingerprint density at radius 1 is 1.11 bits per heavy atom. The monoisotopic (exact) mass is 246 g/mol. The highest BCUT2D eigenvalue weighted by molar-refractivity contribution is 5.65. The molecule has 0 saturated heterocycles. The zero-order valence-electron chi connectivity index (χ0n) is 9.91. The Hall–Kier alpha value is -1.92. The molecule has 0 amide bonds. The van der Waals surface area contributed by atoms with Gasteiger partial charge in [-0.2, -0.15) is 0 Å². The van der Waals surface area contributed by atoms with E-state index >= 15 is 0 Å². The summed E-state index contributed by atoms with van der Waals surface area (Å²) >= 11 is 0. The van der Waals surface area contributed by atoms with Crippen molar-refractivity contribution >= 4 is 0 Å². The zero-order chi connectivity index (χ0) is 13.2. The molecular weight excluding hydrogens is 232 g/mol. The van der Waals surface area contributed by atoms with Gasteiger partial charge in [0.2, 0.25) is 0 Å². The molecular formula is C13H14N2O3. The molecule has 0 aromatic heterocycles. The molecule has 0 aliphatic heterocycles. The maximum atomic E-state index is 10.8. The maximum absolute atomic E-state index is 10.8. The molecule has 0 fully saturated rings. The average molecular weight is 246 g/mol. The van der Waals surface area contributed by atoms with E-state index in [4.69, 9.17) is 11.0 Å². The molecule has 18 heavy (non-hydrogen) atoms. The SMILES string of the molecule is Cc1cccc(-c2cccc(O[N+](N)([O-])O)c2)c1. The van der Waals surface area contributed by atoms with E-state index in [1.807, 2.05) is 37.3 Å².